The normalized spacial score (nSPS) is 19.6. The molecule has 0 radical (unpaired) electrons. The maximum Gasteiger partial charge on any atom is 0.351 e. The molecule has 4 heteroatoms. The molecule has 0 aromatic heterocycles. The van der Waals surface area contributed by atoms with Crippen LogP contribution >= 0.6 is 0 Å². The van der Waals surface area contributed by atoms with E-state index in [-0.39, 0.29) is 0 Å². The van der Waals surface area contributed by atoms with E-state index in [2.05, 4.69) is 0 Å². The zero-order valence-electron chi connectivity index (χ0n) is 6.16. The number of carboxylic acids is 1. The number of nitrogens with two attached hydrogens (primary N) is 1. The molecule has 0 aliphatic heterocycles. The summed E-state index contributed by atoms with van der Waals surface area (Å²) in [6.07, 6.45) is 0.541. The van der Waals surface area contributed by atoms with Gasteiger partial charge in [-0.25, -0.2) is 4.79 Å². The average Bonchev–Trinajstić information content (AvgIpc) is 1.86. The summed E-state index contributed by atoms with van der Waals surface area (Å²) in [5.41, 5.74) is 2.99. The maximum atomic E-state index is 10.2. The molecule has 10 heavy (non-hydrogen) atoms. The summed E-state index contributed by atoms with van der Waals surface area (Å²) in [6.45, 7) is 3.36. The number of carbonyl (C=O) groups is 1. The maximum absolute atomic E-state index is 10.2. The van der Waals surface area contributed by atoms with Crippen molar-refractivity contribution in [3.05, 3.63) is 0 Å². The fraction of sp³-hybridized carbons (Fsp3) is 0.833. The molecular formula is C6H13NO3. The zero-order chi connectivity index (χ0) is 8.36. The molecule has 0 saturated carbocycles. The Bertz CT molecular complexity index is 133. The molecule has 2 atom stereocenters. The zero-order valence-corrected chi connectivity index (χ0v) is 6.16. The van der Waals surface area contributed by atoms with Crippen LogP contribution in [-0.2, 0) is 4.79 Å². The Hall–Kier alpha value is -0.610. The van der Waals surface area contributed by atoms with Crippen molar-refractivity contribution in [2.75, 3.05) is 0 Å². The second-order valence-electron chi connectivity index (χ2n) is 2.44. The second kappa shape index (κ2) is 2.98. The molecule has 0 heterocycles. The topological polar surface area (TPSA) is 83.5 Å². The Balaban J connectivity index is 4.23. The molecule has 2 unspecified atom stereocenters. The molecular weight excluding hydrogens is 134 g/mol. The smallest absolute Gasteiger partial charge is 0.351 e. The van der Waals surface area contributed by atoms with Gasteiger partial charge in [0.15, 0.2) is 0 Å². The Labute approximate surface area is 59.7 Å². The van der Waals surface area contributed by atoms with Gasteiger partial charge >= 0.3 is 5.97 Å². The van der Waals surface area contributed by atoms with Crippen molar-refractivity contribution in [2.45, 2.75) is 26.0 Å². The Morgan fingerprint density at radius 2 is 2.20 bits per heavy atom. The Kier molecular flexibility index (Phi) is 2.80. The molecule has 0 rings (SSSR count). The van der Waals surface area contributed by atoms with E-state index in [9.17, 15) is 4.79 Å². The summed E-state index contributed by atoms with van der Waals surface area (Å²) in [7, 11) is 0. The molecule has 0 spiro atoms. The third-order valence-electron chi connectivity index (χ3n) is 1.71. The van der Waals surface area contributed by atoms with Crippen molar-refractivity contribution in [3.8, 4) is 0 Å². The Morgan fingerprint density at radius 1 is 1.80 bits per heavy atom. The number of hydrogen-bond acceptors (Lipinski definition) is 3. The van der Waals surface area contributed by atoms with Crippen LogP contribution in [0, 0.1) is 5.92 Å². The largest absolute Gasteiger partial charge is 0.478 e. The van der Waals surface area contributed by atoms with Gasteiger partial charge in [-0.3, -0.25) is 5.73 Å². The number of carboxylic acid groups (broad SMARTS) is 1. The molecule has 0 aromatic rings. The lowest BCUT2D eigenvalue weighted by Crippen LogP contribution is -2.53. The van der Waals surface area contributed by atoms with E-state index < -0.39 is 17.6 Å². The van der Waals surface area contributed by atoms with Gasteiger partial charge in [0, 0.05) is 5.92 Å². The van der Waals surface area contributed by atoms with Gasteiger partial charge in [0.25, 0.3) is 0 Å². The van der Waals surface area contributed by atoms with Gasteiger partial charge in [-0.1, -0.05) is 13.8 Å². The van der Waals surface area contributed by atoms with E-state index in [1.165, 1.54) is 0 Å². The fourth-order valence-corrected chi connectivity index (χ4v) is 0.522. The summed E-state index contributed by atoms with van der Waals surface area (Å²) in [5, 5.41) is 17.4. The van der Waals surface area contributed by atoms with Crippen LogP contribution in [0.2, 0.25) is 0 Å². The molecule has 4 N–H and O–H groups in total. The predicted octanol–water partition coefficient (Wildman–Crippen LogP) is -0.236. The van der Waals surface area contributed by atoms with E-state index in [0.717, 1.165) is 0 Å². The molecule has 0 aromatic carbocycles. The minimum Gasteiger partial charge on any atom is -0.478 e. The van der Waals surface area contributed by atoms with E-state index in [4.69, 9.17) is 15.9 Å². The van der Waals surface area contributed by atoms with Gasteiger partial charge < -0.3 is 10.2 Å². The first-order chi connectivity index (χ1) is 4.42. The van der Waals surface area contributed by atoms with Crippen molar-refractivity contribution >= 4 is 5.97 Å². The van der Waals surface area contributed by atoms with Gasteiger partial charge in [0.05, 0.1) is 0 Å². The highest BCUT2D eigenvalue weighted by molar-refractivity contribution is 5.76. The van der Waals surface area contributed by atoms with Crippen LogP contribution < -0.4 is 5.73 Å². The molecule has 60 valence electrons. The van der Waals surface area contributed by atoms with E-state index >= 15 is 0 Å². The van der Waals surface area contributed by atoms with Crippen molar-refractivity contribution in [1.29, 1.82) is 0 Å². The van der Waals surface area contributed by atoms with Gasteiger partial charge in [-0.2, -0.15) is 0 Å². The lowest BCUT2D eigenvalue weighted by molar-refractivity contribution is -0.163. The van der Waals surface area contributed by atoms with E-state index in [0.29, 0.717) is 6.42 Å². The van der Waals surface area contributed by atoms with Crippen LogP contribution in [0.1, 0.15) is 20.3 Å². The van der Waals surface area contributed by atoms with Crippen LogP contribution in [0.3, 0.4) is 0 Å². The summed E-state index contributed by atoms with van der Waals surface area (Å²) in [4.78, 5) is 10.2. The van der Waals surface area contributed by atoms with Gasteiger partial charge in [0.2, 0.25) is 5.72 Å². The first kappa shape index (κ1) is 9.39. The van der Waals surface area contributed by atoms with Gasteiger partial charge in [-0.05, 0) is 6.42 Å². The summed E-state index contributed by atoms with van der Waals surface area (Å²) in [6, 6.07) is 0. The highest BCUT2D eigenvalue weighted by Gasteiger charge is 2.36. The lowest BCUT2D eigenvalue weighted by atomic mass is 9.96. The number of hydrogen-bond donors (Lipinski definition) is 3. The number of aliphatic hydroxyl groups is 1. The fourth-order valence-electron chi connectivity index (χ4n) is 0.522. The Morgan fingerprint density at radius 3 is 2.30 bits per heavy atom. The van der Waals surface area contributed by atoms with E-state index in [1.807, 2.05) is 0 Å². The monoisotopic (exact) mass is 147 g/mol. The standard InChI is InChI=1S/C6H13NO3/c1-3-4(2)6(7,10)5(8)9/h4,10H,3,7H2,1-2H3,(H,8,9). The molecule has 4 nitrogen and oxygen atoms in total. The summed E-state index contributed by atoms with van der Waals surface area (Å²) in [5.74, 6) is -1.80. The lowest BCUT2D eigenvalue weighted by Gasteiger charge is -2.23. The minimum absolute atomic E-state index is 0.426. The highest BCUT2D eigenvalue weighted by atomic mass is 16.4. The van der Waals surface area contributed by atoms with Crippen LogP contribution in [0.5, 0.6) is 0 Å². The van der Waals surface area contributed by atoms with Crippen LogP contribution in [0.15, 0.2) is 0 Å². The van der Waals surface area contributed by atoms with Gasteiger partial charge in [-0.15, -0.1) is 0 Å². The first-order valence-corrected chi connectivity index (χ1v) is 3.17. The molecule has 0 aliphatic rings. The van der Waals surface area contributed by atoms with Crippen LogP contribution in [-0.4, -0.2) is 21.9 Å². The third kappa shape index (κ3) is 1.68. The molecule has 0 saturated heterocycles. The van der Waals surface area contributed by atoms with Crippen molar-refractivity contribution in [3.63, 3.8) is 0 Å². The number of rotatable bonds is 3. The molecule has 0 bridgehead atoms. The SMILES string of the molecule is CCC(C)C(N)(O)C(=O)O. The van der Waals surface area contributed by atoms with Crippen molar-refractivity contribution in [2.24, 2.45) is 11.7 Å². The van der Waals surface area contributed by atoms with Crippen LogP contribution in [0.25, 0.3) is 0 Å². The average molecular weight is 147 g/mol. The van der Waals surface area contributed by atoms with E-state index in [1.54, 1.807) is 13.8 Å². The molecule has 0 fully saturated rings. The quantitative estimate of drug-likeness (QED) is 0.481. The summed E-state index contributed by atoms with van der Waals surface area (Å²) >= 11 is 0. The van der Waals surface area contributed by atoms with Crippen LogP contribution in [0.4, 0.5) is 0 Å². The number of aliphatic carboxylic acids is 1. The van der Waals surface area contributed by atoms with Crippen molar-refractivity contribution < 1.29 is 15.0 Å². The molecule has 0 amide bonds. The minimum atomic E-state index is -2.07. The van der Waals surface area contributed by atoms with Crippen molar-refractivity contribution in [1.82, 2.24) is 0 Å². The van der Waals surface area contributed by atoms with Gasteiger partial charge in [0.1, 0.15) is 0 Å². The third-order valence-corrected chi connectivity index (χ3v) is 1.71. The summed E-state index contributed by atoms with van der Waals surface area (Å²) < 4.78 is 0. The molecule has 0 aliphatic carbocycles. The highest BCUT2D eigenvalue weighted by Crippen LogP contribution is 2.14. The second-order valence-corrected chi connectivity index (χ2v) is 2.44. The first-order valence-electron chi connectivity index (χ1n) is 3.17. The predicted molar refractivity (Wildman–Crippen MR) is 36.2 cm³/mol.